The molecule has 2 fully saturated rings. The van der Waals surface area contributed by atoms with E-state index in [9.17, 15) is 9.59 Å². The van der Waals surface area contributed by atoms with Crippen molar-refractivity contribution < 1.29 is 9.59 Å². The highest BCUT2D eigenvalue weighted by Gasteiger charge is 2.38. The number of carbonyl (C=O) groups is 2. The molecule has 4 rings (SSSR count). The van der Waals surface area contributed by atoms with E-state index in [1.54, 1.807) is 9.80 Å². The Morgan fingerprint density at radius 3 is 2.36 bits per heavy atom. The molecule has 5 heteroatoms. The molecule has 0 bridgehead atoms. The molecule has 2 amide bonds. The lowest BCUT2D eigenvalue weighted by Gasteiger charge is -2.42. The van der Waals surface area contributed by atoms with Gasteiger partial charge in [-0.3, -0.25) is 14.6 Å². The maximum atomic E-state index is 12.4. The summed E-state index contributed by atoms with van der Waals surface area (Å²) >= 11 is 0. The highest BCUT2D eigenvalue weighted by Crippen LogP contribution is 2.26. The van der Waals surface area contributed by atoms with Gasteiger partial charge in [0.15, 0.2) is 0 Å². The van der Waals surface area contributed by atoms with Gasteiger partial charge in [-0.1, -0.05) is 36.4 Å². The largest absolute Gasteiger partial charge is 0.330 e. The summed E-state index contributed by atoms with van der Waals surface area (Å²) in [6.07, 6.45) is 5.04. The van der Waals surface area contributed by atoms with Gasteiger partial charge in [0.1, 0.15) is 0 Å². The number of nitrogens with zero attached hydrogens (tertiary/aromatic N) is 3. The lowest BCUT2D eigenvalue weighted by molar-refractivity contribution is -0.159. The number of benzene rings is 1. The Morgan fingerprint density at radius 2 is 1.72 bits per heavy atom. The van der Waals surface area contributed by atoms with Gasteiger partial charge in [-0.15, -0.1) is 0 Å². The molecule has 2 aliphatic rings. The van der Waals surface area contributed by atoms with Crippen LogP contribution in [0.2, 0.25) is 0 Å². The minimum atomic E-state index is -0.396. The van der Waals surface area contributed by atoms with Crippen LogP contribution in [-0.4, -0.2) is 45.7 Å². The summed E-state index contributed by atoms with van der Waals surface area (Å²) in [6.45, 7) is 1.61. The monoisotopic (exact) mass is 335 g/mol. The van der Waals surface area contributed by atoms with Crippen molar-refractivity contribution in [3.05, 3.63) is 54.4 Å². The zero-order valence-electron chi connectivity index (χ0n) is 14.1. The molecule has 1 aliphatic heterocycles. The zero-order chi connectivity index (χ0) is 17.2. The van der Waals surface area contributed by atoms with E-state index in [4.69, 9.17) is 0 Å². The van der Waals surface area contributed by atoms with E-state index >= 15 is 0 Å². The molecule has 1 aliphatic carbocycles. The topological polar surface area (TPSA) is 53.5 Å². The van der Waals surface area contributed by atoms with Gasteiger partial charge in [0.05, 0.1) is 12.2 Å². The van der Waals surface area contributed by atoms with Crippen molar-refractivity contribution in [2.75, 3.05) is 13.1 Å². The maximum Gasteiger partial charge on any atom is 0.312 e. The first-order chi connectivity index (χ1) is 12.2. The third kappa shape index (κ3) is 3.14. The van der Waals surface area contributed by atoms with Crippen LogP contribution in [0.5, 0.6) is 0 Å². The zero-order valence-corrected chi connectivity index (χ0v) is 14.1. The van der Waals surface area contributed by atoms with E-state index in [1.165, 1.54) is 0 Å². The second kappa shape index (κ2) is 6.67. The molecule has 0 atom stereocenters. The Morgan fingerprint density at radius 1 is 0.920 bits per heavy atom. The van der Waals surface area contributed by atoms with Crippen molar-refractivity contribution in [2.45, 2.75) is 31.8 Å². The molecule has 0 N–H and O–H groups in total. The van der Waals surface area contributed by atoms with E-state index in [0.29, 0.717) is 19.6 Å². The average Bonchev–Trinajstić information content (AvgIpc) is 2.61. The number of piperazine rings is 1. The molecule has 0 radical (unpaired) electrons. The molecule has 5 nitrogen and oxygen atoms in total. The van der Waals surface area contributed by atoms with Gasteiger partial charge >= 0.3 is 11.8 Å². The number of pyridine rings is 1. The fraction of sp³-hybridized carbons (Fsp3) is 0.350. The molecule has 1 aromatic heterocycles. The van der Waals surface area contributed by atoms with Crippen LogP contribution in [-0.2, 0) is 16.1 Å². The lowest BCUT2D eigenvalue weighted by atomic mass is 9.91. The molecule has 0 unspecified atom stereocenters. The molecule has 1 saturated carbocycles. The smallest absolute Gasteiger partial charge is 0.312 e. The quantitative estimate of drug-likeness (QED) is 0.807. The number of aromatic nitrogens is 1. The third-order valence-electron chi connectivity index (χ3n) is 5.14. The van der Waals surface area contributed by atoms with Gasteiger partial charge in [-0.25, -0.2) is 0 Å². The first-order valence-electron chi connectivity index (χ1n) is 8.82. The van der Waals surface area contributed by atoms with Gasteiger partial charge in [0.2, 0.25) is 0 Å². The summed E-state index contributed by atoms with van der Waals surface area (Å²) in [5, 5.41) is 0. The molecule has 25 heavy (non-hydrogen) atoms. The summed E-state index contributed by atoms with van der Waals surface area (Å²) in [6, 6.07) is 14.3. The van der Waals surface area contributed by atoms with Crippen molar-refractivity contribution in [2.24, 2.45) is 0 Å². The molecule has 1 aromatic carbocycles. The minimum Gasteiger partial charge on any atom is -0.330 e. The summed E-state index contributed by atoms with van der Waals surface area (Å²) < 4.78 is 0. The Kier molecular flexibility index (Phi) is 4.22. The second-order valence-corrected chi connectivity index (χ2v) is 6.71. The van der Waals surface area contributed by atoms with Crippen molar-refractivity contribution in [3.8, 4) is 11.1 Å². The van der Waals surface area contributed by atoms with E-state index in [2.05, 4.69) is 4.98 Å². The number of rotatable bonds is 4. The van der Waals surface area contributed by atoms with Crippen LogP contribution in [0, 0.1) is 0 Å². The van der Waals surface area contributed by atoms with Crippen LogP contribution in [0.1, 0.15) is 25.0 Å². The van der Waals surface area contributed by atoms with Gasteiger partial charge in [0, 0.05) is 30.9 Å². The van der Waals surface area contributed by atoms with Gasteiger partial charge < -0.3 is 9.80 Å². The van der Waals surface area contributed by atoms with Crippen molar-refractivity contribution in [1.82, 2.24) is 14.8 Å². The number of hydrogen-bond acceptors (Lipinski definition) is 3. The molecular weight excluding hydrogens is 314 g/mol. The predicted octanol–water partition coefficient (Wildman–Crippen LogP) is 2.47. The SMILES string of the molecule is O=C1C(=O)N(C2CCC2)CCN1Cc1ccc(-c2ccccc2)cn1. The van der Waals surface area contributed by atoms with Crippen LogP contribution in [0.15, 0.2) is 48.7 Å². The third-order valence-corrected chi connectivity index (χ3v) is 5.14. The summed E-state index contributed by atoms with van der Waals surface area (Å²) in [5.74, 6) is -0.746. The van der Waals surface area contributed by atoms with Crippen molar-refractivity contribution >= 4 is 11.8 Å². The molecule has 0 spiro atoms. The second-order valence-electron chi connectivity index (χ2n) is 6.71. The van der Waals surface area contributed by atoms with Crippen LogP contribution in [0.25, 0.3) is 11.1 Å². The molecular formula is C20H21N3O2. The van der Waals surface area contributed by atoms with Crippen molar-refractivity contribution in [3.63, 3.8) is 0 Å². The highest BCUT2D eigenvalue weighted by atomic mass is 16.2. The number of hydrogen-bond donors (Lipinski definition) is 0. The summed E-state index contributed by atoms with van der Waals surface area (Å²) in [7, 11) is 0. The van der Waals surface area contributed by atoms with Crippen LogP contribution >= 0.6 is 0 Å². The minimum absolute atomic E-state index is 0.280. The van der Waals surface area contributed by atoms with Crippen LogP contribution in [0.3, 0.4) is 0 Å². The Hall–Kier alpha value is -2.69. The summed E-state index contributed by atoms with van der Waals surface area (Å²) in [5.41, 5.74) is 2.96. The fourth-order valence-electron chi connectivity index (χ4n) is 3.40. The fourth-order valence-corrected chi connectivity index (χ4v) is 3.40. The Labute approximate surface area is 147 Å². The van der Waals surface area contributed by atoms with Crippen LogP contribution in [0.4, 0.5) is 0 Å². The van der Waals surface area contributed by atoms with Gasteiger partial charge in [-0.05, 0) is 30.9 Å². The number of amides is 2. The highest BCUT2D eigenvalue weighted by molar-refractivity contribution is 6.35. The summed E-state index contributed by atoms with van der Waals surface area (Å²) in [4.78, 5) is 32.5. The Balaban J connectivity index is 1.42. The van der Waals surface area contributed by atoms with E-state index in [-0.39, 0.29) is 11.9 Å². The normalized spacial score (nSPS) is 18.4. The van der Waals surface area contributed by atoms with Gasteiger partial charge in [-0.2, -0.15) is 0 Å². The molecule has 1 saturated heterocycles. The van der Waals surface area contributed by atoms with Crippen molar-refractivity contribution in [1.29, 1.82) is 0 Å². The van der Waals surface area contributed by atoms with Crippen LogP contribution < -0.4 is 0 Å². The predicted molar refractivity (Wildman–Crippen MR) is 94.4 cm³/mol. The first-order valence-corrected chi connectivity index (χ1v) is 8.82. The van der Waals surface area contributed by atoms with Gasteiger partial charge in [0.25, 0.3) is 0 Å². The van der Waals surface area contributed by atoms with E-state index < -0.39 is 5.91 Å². The average molecular weight is 335 g/mol. The van der Waals surface area contributed by atoms with E-state index in [0.717, 1.165) is 36.1 Å². The maximum absolute atomic E-state index is 12.4. The standard InChI is InChI=1S/C20H21N3O2/c24-19-20(25)23(18-7-4-8-18)12-11-22(19)14-17-10-9-16(13-21-17)15-5-2-1-3-6-15/h1-3,5-6,9-10,13,18H,4,7-8,11-12,14H2. The molecule has 2 aromatic rings. The van der Waals surface area contributed by atoms with E-state index in [1.807, 2.05) is 48.7 Å². The Bertz CT molecular complexity index is 769. The molecule has 128 valence electrons. The first kappa shape index (κ1) is 15.8. The molecule has 2 heterocycles. The lowest BCUT2D eigenvalue weighted by Crippen LogP contribution is -2.58. The number of carbonyl (C=O) groups excluding carboxylic acids is 2.